The number of hydrogen-bond donors (Lipinski definition) is 0. The molecule has 0 bridgehead atoms. The molecule has 0 saturated carbocycles. The lowest BCUT2D eigenvalue weighted by atomic mass is 10.0. The van der Waals surface area contributed by atoms with Crippen molar-refractivity contribution < 1.29 is 4.79 Å². The highest BCUT2D eigenvalue weighted by atomic mass is 16.1. The Bertz CT molecular complexity index is 141. The SMILES string of the molecule is CC(C)C(=O)CCCCCN(C)C. The molecule has 0 aromatic rings. The Morgan fingerprint density at radius 3 is 2.23 bits per heavy atom. The summed E-state index contributed by atoms with van der Waals surface area (Å²) in [7, 11) is 4.17. The van der Waals surface area contributed by atoms with E-state index in [-0.39, 0.29) is 5.92 Å². The maximum absolute atomic E-state index is 11.2. The van der Waals surface area contributed by atoms with Gasteiger partial charge in [0.2, 0.25) is 0 Å². The van der Waals surface area contributed by atoms with Crippen molar-refractivity contribution in [2.75, 3.05) is 20.6 Å². The molecule has 0 saturated heterocycles. The highest BCUT2D eigenvalue weighted by Gasteiger charge is 2.05. The van der Waals surface area contributed by atoms with Crippen molar-refractivity contribution >= 4 is 5.78 Å². The molecule has 78 valence electrons. The van der Waals surface area contributed by atoms with Crippen molar-refractivity contribution in [1.82, 2.24) is 4.90 Å². The molecule has 0 unspecified atom stereocenters. The van der Waals surface area contributed by atoms with Crippen LogP contribution in [0, 0.1) is 5.92 Å². The summed E-state index contributed by atoms with van der Waals surface area (Å²) in [5.41, 5.74) is 0. The molecule has 0 atom stereocenters. The van der Waals surface area contributed by atoms with Gasteiger partial charge < -0.3 is 4.90 Å². The second-order valence-electron chi connectivity index (χ2n) is 4.23. The Labute approximate surface area is 82.3 Å². The molecule has 0 aliphatic carbocycles. The van der Waals surface area contributed by atoms with E-state index in [1.807, 2.05) is 13.8 Å². The topological polar surface area (TPSA) is 20.3 Å². The smallest absolute Gasteiger partial charge is 0.135 e. The van der Waals surface area contributed by atoms with Gasteiger partial charge in [0.25, 0.3) is 0 Å². The van der Waals surface area contributed by atoms with E-state index >= 15 is 0 Å². The van der Waals surface area contributed by atoms with Gasteiger partial charge in [0.1, 0.15) is 5.78 Å². The number of unbranched alkanes of at least 4 members (excludes halogenated alkanes) is 2. The fourth-order valence-electron chi connectivity index (χ4n) is 1.19. The first-order valence-electron chi connectivity index (χ1n) is 5.21. The van der Waals surface area contributed by atoms with Crippen LogP contribution in [-0.2, 0) is 4.79 Å². The van der Waals surface area contributed by atoms with Crippen molar-refractivity contribution in [1.29, 1.82) is 0 Å². The molecule has 13 heavy (non-hydrogen) atoms. The summed E-state index contributed by atoms with van der Waals surface area (Å²) in [5, 5.41) is 0. The lowest BCUT2D eigenvalue weighted by Gasteiger charge is -2.08. The Morgan fingerprint density at radius 1 is 1.15 bits per heavy atom. The van der Waals surface area contributed by atoms with Crippen LogP contribution >= 0.6 is 0 Å². The number of Topliss-reactive ketones (excluding diaryl/α,β-unsaturated/α-hetero) is 1. The molecule has 0 heterocycles. The molecule has 2 heteroatoms. The molecule has 0 rings (SSSR count). The molecule has 0 N–H and O–H groups in total. The van der Waals surface area contributed by atoms with Crippen LogP contribution in [0.5, 0.6) is 0 Å². The van der Waals surface area contributed by atoms with Gasteiger partial charge in [0, 0.05) is 12.3 Å². The molecule has 0 aliphatic rings. The molecule has 0 fully saturated rings. The minimum atomic E-state index is 0.217. The van der Waals surface area contributed by atoms with Gasteiger partial charge in [-0.25, -0.2) is 0 Å². The molecule has 0 aromatic carbocycles. The Balaban J connectivity index is 3.21. The first kappa shape index (κ1) is 12.6. The number of nitrogens with zero attached hydrogens (tertiary/aromatic N) is 1. The molecular formula is C11H23NO. The maximum Gasteiger partial charge on any atom is 0.135 e. The van der Waals surface area contributed by atoms with Crippen LogP contribution in [-0.4, -0.2) is 31.3 Å². The second kappa shape index (κ2) is 7.07. The summed E-state index contributed by atoms with van der Waals surface area (Å²) in [6.07, 6.45) is 4.21. The van der Waals surface area contributed by atoms with Crippen molar-refractivity contribution in [3.8, 4) is 0 Å². The summed E-state index contributed by atoms with van der Waals surface area (Å²) in [6.45, 7) is 5.08. The normalized spacial score (nSPS) is 11.2. The van der Waals surface area contributed by atoms with Crippen molar-refractivity contribution in [2.24, 2.45) is 5.92 Å². The Kier molecular flexibility index (Phi) is 6.87. The van der Waals surface area contributed by atoms with E-state index in [2.05, 4.69) is 19.0 Å². The van der Waals surface area contributed by atoms with Crippen LogP contribution in [0.1, 0.15) is 39.5 Å². The van der Waals surface area contributed by atoms with Crippen molar-refractivity contribution in [3.05, 3.63) is 0 Å². The monoisotopic (exact) mass is 185 g/mol. The fraction of sp³-hybridized carbons (Fsp3) is 0.909. The number of hydrogen-bond acceptors (Lipinski definition) is 2. The van der Waals surface area contributed by atoms with Gasteiger partial charge in [-0.2, -0.15) is 0 Å². The maximum atomic E-state index is 11.2. The largest absolute Gasteiger partial charge is 0.309 e. The van der Waals surface area contributed by atoms with Crippen LogP contribution in [0.4, 0.5) is 0 Å². The number of carbonyl (C=O) groups excluding carboxylic acids is 1. The first-order valence-corrected chi connectivity index (χ1v) is 5.21. The summed E-state index contributed by atoms with van der Waals surface area (Å²) in [6, 6.07) is 0. The van der Waals surface area contributed by atoms with E-state index in [9.17, 15) is 4.79 Å². The van der Waals surface area contributed by atoms with E-state index in [4.69, 9.17) is 0 Å². The third-order valence-corrected chi connectivity index (χ3v) is 2.17. The summed E-state index contributed by atoms with van der Waals surface area (Å²) in [4.78, 5) is 13.4. The third kappa shape index (κ3) is 7.97. The lowest BCUT2D eigenvalue weighted by Crippen LogP contribution is -2.13. The molecule has 2 nitrogen and oxygen atoms in total. The van der Waals surface area contributed by atoms with Gasteiger partial charge in [-0.05, 0) is 33.5 Å². The zero-order chi connectivity index (χ0) is 10.3. The van der Waals surface area contributed by atoms with Crippen molar-refractivity contribution in [3.63, 3.8) is 0 Å². The van der Waals surface area contributed by atoms with Crippen LogP contribution in [0.25, 0.3) is 0 Å². The Hall–Kier alpha value is -0.370. The second-order valence-corrected chi connectivity index (χ2v) is 4.23. The van der Waals surface area contributed by atoms with Crippen LogP contribution in [0.3, 0.4) is 0 Å². The van der Waals surface area contributed by atoms with Gasteiger partial charge >= 0.3 is 0 Å². The van der Waals surface area contributed by atoms with E-state index < -0.39 is 0 Å². The van der Waals surface area contributed by atoms with E-state index in [1.165, 1.54) is 12.8 Å². The van der Waals surface area contributed by atoms with Gasteiger partial charge in [0.05, 0.1) is 0 Å². The molecule has 0 amide bonds. The molecule has 0 spiro atoms. The molecule has 0 aromatic heterocycles. The van der Waals surface area contributed by atoms with Gasteiger partial charge in [0.15, 0.2) is 0 Å². The number of rotatable bonds is 7. The van der Waals surface area contributed by atoms with Gasteiger partial charge in [-0.1, -0.05) is 20.3 Å². The van der Waals surface area contributed by atoms with Crippen molar-refractivity contribution in [2.45, 2.75) is 39.5 Å². The van der Waals surface area contributed by atoms with Crippen LogP contribution in [0.2, 0.25) is 0 Å². The third-order valence-electron chi connectivity index (χ3n) is 2.17. The average Bonchev–Trinajstić information content (AvgIpc) is 2.02. The quantitative estimate of drug-likeness (QED) is 0.567. The summed E-state index contributed by atoms with van der Waals surface area (Å²) in [5.74, 6) is 0.624. The van der Waals surface area contributed by atoms with E-state index in [0.29, 0.717) is 5.78 Å². The van der Waals surface area contributed by atoms with E-state index in [1.54, 1.807) is 0 Å². The van der Waals surface area contributed by atoms with Gasteiger partial charge in [-0.3, -0.25) is 4.79 Å². The zero-order valence-electron chi connectivity index (χ0n) is 9.47. The molecule has 0 aliphatic heterocycles. The lowest BCUT2D eigenvalue weighted by molar-refractivity contribution is -0.122. The molecule has 0 radical (unpaired) electrons. The highest BCUT2D eigenvalue weighted by molar-refractivity contribution is 5.80. The fourth-order valence-corrected chi connectivity index (χ4v) is 1.19. The van der Waals surface area contributed by atoms with Crippen LogP contribution < -0.4 is 0 Å². The highest BCUT2D eigenvalue weighted by Crippen LogP contribution is 2.06. The predicted octanol–water partition coefficient (Wildman–Crippen LogP) is 2.33. The van der Waals surface area contributed by atoms with Crippen LogP contribution in [0.15, 0.2) is 0 Å². The minimum absolute atomic E-state index is 0.217. The predicted molar refractivity (Wildman–Crippen MR) is 56.9 cm³/mol. The van der Waals surface area contributed by atoms with Gasteiger partial charge in [-0.15, -0.1) is 0 Å². The average molecular weight is 185 g/mol. The number of carbonyl (C=O) groups is 1. The molecular weight excluding hydrogens is 162 g/mol. The first-order chi connectivity index (χ1) is 6.04. The van der Waals surface area contributed by atoms with E-state index in [0.717, 1.165) is 19.4 Å². The minimum Gasteiger partial charge on any atom is -0.309 e. The zero-order valence-corrected chi connectivity index (χ0v) is 9.47. The number of ketones is 1. The Morgan fingerprint density at radius 2 is 1.77 bits per heavy atom. The summed E-state index contributed by atoms with van der Waals surface area (Å²) >= 11 is 0. The standard InChI is InChI=1S/C11H23NO/c1-10(2)11(13)8-6-5-7-9-12(3)4/h10H,5-9H2,1-4H3. The summed E-state index contributed by atoms with van der Waals surface area (Å²) < 4.78 is 0.